The third-order valence-corrected chi connectivity index (χ3v) is 4.30. The van der Waals surface area contributed by atoms with Gasteiger partial charge in [-0.3, -0.25) is 0 Å². The molecular formula is C18H32Cl2N2O3. The van der Waals surface area contributed by atoms with Crippen LogP contribution in [0.4, 0.5) is 0 Å². The van der Waals surface area contributed by atoms with Crippen LogP contribution in [0.15, 0.2) is 24.3 Å². The van der Waals surface area contributed by atoms with E-state index >= 15 is 0 Å². The molecule has 0 radical (unpaired) electrons. The van der Waals surface area contributed by atoms with E-state index in [0.29, 0.717) is 25.7 Å². The predicted molar refractivity (Wildman–Crippen MR) is 107 cm³/mol. The Morgan fingerprint density at radius 3 is 2.24 bits per heavy atom. The molecule has 1 unspecified atom stereocenters. The second-order valence-corrected chi connectivity index (χ2v) is 6.17. The molecule has 25 heavy (non-hydrogen) atoms. The number of piperidine rings is 1. The number of nitrogens with one attached hydrogen (secondary N) is 1. The van der Waals surface area contributed by atoms with E-state index in [9.17, 15) is 5.11 Å². The van der Waals surface area contributed by atoms with Crippen LogP contribution in [0.1, 0.15) is 19.8 Å². The molecule has 0 spiro atoms. The molecule has 2 N–H and O–H groups in total. The molecule has 0 aliphatic carbocycles. The second-order valence-electron chi connectivity index (χ2n) is 6.17. The second kappa shape index (κ2) is 13.5. The van der Waals surface area contributed by atoms with E-state index in [1.165, 1.54) is 0 Å². The number of aliphatic hydroxyl groups is 1. The zero-order valence-electron chi connectivity index (χ0n) is 15.1. The zero-order valence-corrected chi connectivity index (χ0v) is 16.8. The van der Waals surface area contributed by atoms with Crippen LogP contribution in [0.2, 0.25) is 0 Å². The van der Waals surface area contributed by atoms with Gasteiger partial charge in [-0.2, -0.15) is 0 Å². The fourth-order valence-corrected chi connectivity index (χ4v) is 2.91. The maximum absolute atomic E-state index is 10.3. The number of nitrogens with zero attached hydrogens (tertiary/aromatic N) is 1. The van der Waals surface area contributed by atoms with Crippen LogP contribution in [0.3, 0.4) is 0 Å². The zero-order chi connectivity index (χ0) is 16.5. The number of rotatable bonds is 9. The smallest absolute Gasteiger partial charge is 0.119 e. The maximum Gasteiger partial charge on any atom is 0.119 e. The quantitative estimate of drug-likeness (QED) is 0.673. The first-order valence-corrected chi connectivity index (χ1v) is 8.62. The standard InChI is InChI=1S/C18H30N2O3.2ClH/c1-3-22-16-4-6-17(7-5-16)23-13-12-20(2)14-18(21)15-8-10-19-11-9-15;;/h4-7,15,18-19,21H,3,8-14H2,1-2H3;2*1H. The first-order valence-electron chi connectivity index (χ1n) is 8.62. The number of likely N-dealkylation sites (N-methyl/N-ethyl adjacent to an activating group) is 1. The van der Waals surface area contributed by atoms with E-state index in [4.69, 9.17) is 9.47 Å². The molecule has 0 aromatic heterocycles. The molecule has 5 nitrogen and oxygen atoms in total. The van der Waals surface area contributed by atoms with Crippen molar-refractivity contribution in [3.05, 3.63) is 24.3 Å². The highest BCUT2D eigenvalue weighted by Crippen LogP contribution is 2.18. The lowest BCUT2D eigenvalue weighted by molar-refractivity contribution is 0.0546. The highest BCUT2D eigenvalue weighted by Gasteiger charge is 2.22. The van der Waals surface area contributed by atoms with E-state index in [2.05, 4.69) is 10.2 Å². The number of ether oxygens (including phenoxy) is 2. The van der Waals surface area contributed by atoms with Gasteiger partial charge in [0.05, 0.1) is 12.7 Å². The molecule has 1 aliphatic rings. The van der Waals surface area contributed by atoms with Gasteiger partial charge in [-0.1, -0.05) is 0 Å². The molecule has 1 atom stereocenters. The molecule has 146 valence electrons. The summed E-state index contributed by atoms with van der Waals surface area (Å²) in [7, 11) is 2.03. The van der Waals surface area contributed by atoms with Gasteiger partial charge in [0.2, 0.25) is 0 Å². The van der Waals surface area contributed by atoms with E-state index in [1.54, 1.807) is 0 Å². The van der Waals surface area contributed by atoms with Gasteiger partial charge >= 0.3 is 0 Å². The summed E-state index contributed by atoms with van der Waals surface area (Å²) in [5.41, 5.74) is 0. The van der Waals surface area contributed by atoms with E-state index in [0.717, 1.165) is 44.0 Å². The number of hydrogen-bond donors (Lipinski definition) is 2. The Kier molecular flexibility index (Phi) is 13.1. The van der Waals surface area contributed by atoms with E-state index < -0.39 is 0 Å². The Hall–Kier alpha value is -0.720. The van der Waals surface area contributed by atoms with E-state index in [1.807, 2.05) is 38.2 Å². The largest absolute Gasteiger partial charge is 0.494 e. The van der Waals surface area contributed by atoms with Crippen LogP contribution in [0.5, 0.6) is 11.5 Å². The van der Waals surface area contributed by atoms with Crippen molar-refractivity contribution in [2.45, 2.75) is 25.9 Å². The van der Waals surface area contributed by atoms with Crippen molar-refractivity contribution in [1.29, 1.82) is 0 Å². The highest BCUT2D eigenvalue weighted by atomic mass is 35.5. The molecular weight excluding hydrogens is 363 g/mol. The topological polar surface area (TPSA) is 54.0 Å². The monoisotopic (exact) mass is 394 g/mol. The third-order valence-electron chi connectivity index (χ3n) is 4.30. The van der Waals surface area contributed by atoms with Gasteiger partial charge in [0, 0.05) is 13.1 Å². The molecule has 0 amide bonds. The Morgan fingerprint density at radius 2 is 1.68 bits per heavy atom. The van der Waals surface area contributed by atoms with Crippen LogP contribution < -0.4 is 14.8 Å². The van der Waals surface area contributed by atoms with Gasteiger partial charge in [0.1, 0.15) is 18.1 Å². The summed E-state index contributed by atoms with van der Waals surface area (Å²) in [5, 5.41) is 13.7. The minimum absolute atomic E-state index is 0. The molecule has 2 rings (SSSR count). The van der Waals surface area contributed by atoms with Crippen LogP contribution in [0.25, 0.3) is 0 Å². The summed E-state index contributed by atoms with van der Waals surface area (Å²) < 4.78 is 11.2. The Labute approximate surface area is 163 Å². The van der Waals surface area contributed by atoms with Crippen molar-refractivity contribution in [2.75, 3.05) is 46.4 Å². The number of aliphatic hydroxyl groups excluding tert-OH is 1. The fraction of sp³-hybridized carbons (Fsp3) is 0.667. The summed E-state index contributed by atoms with van der Waals surface area (Å²) in [6, 6.07) is 7.69. The SMILES string of the molecule is CCOc1ccc(OCCN(C)CC(O)C2CCNCC2)cc1.Cl.Cl. The minimum Gasteiger partial charge on any atom is -0.494 e. The normalized spacial score (nSPS) is 15.8. The van der Waals surface area contributed by atoms with Crippen molar-refractivity contribution in [3.63, 3.8) is 0 Å². The van der Waals surface area contributed by atoms with Gasteiger partial charge in [-0.25, -0.2) is 0 Å². The number of benzene rings is 1. The number of hydrogen-bond acceptors (Lipinski definition) is 5. The summed E-state index contributed by atoms with van der Waals surface area (Å²) in [6.07, 6.45) is 1.89. The van der Waals surface area contributed by atoms with Crippen LogP contribution >= 0.6 is 24.8 Å². The van der Waals surface area contributed by atoms with Crippen LogP contribution in [-0.2, 0) is 0 Å². The molecule has 0 bridgehead atoms. The van der Waals surface area contributed by atoms with E-state index in [-0.39, 0.29) is 30.9 Å². The molecule has 0 saturated carbocycles. The summed E-state index contributed by atoms with van der Waals surface area (Å²) >= 11 is 0. The van der Waals surface area contributed by atoms with Gasteiger partial charge in [0.25, 0.3) is 0 Å². The lowest BCUT2D eigenvalue weighted by atomic mass is 9.92. The minimum atomic E-state index is -0.243. The fourth-order valence-electron chi connectivity index (χ4n) is 2.91. The summed E-state index contributed by atoms with van der Waals surface area (Å²) in [6.45, 7) is 6.80. The third kappa shape index (κ3) is 8.97. The molecule has 1 heterocycles. The van der Waals surface area contributed by atoms with Gasteiger partial charge < -0.3 is 24.8 Å². The molecule has 7 heteroatoms. The first kappa shape index (κ1) is 24.3. The average Bonchev–Trinajstić information content (AvgIpc) is 2.57. The van der Waals surface area contributed by atoms with Crippen molar-refractivity contribution in [1.82, 2.24) is 10.2 Å². The molecule has 1 aliphatic heterocycles. The predicted octanol–water partition coefficient (Wildman–Crippen LogP) is 2.60. The summed E-state index contributed by atoms with van der Waals surface area (Å²) in [4.78, 5) is 2.14. The molecule has 1 fully saturated rings. The lowest BCUT2D eigenvalue weighted by Gasteiger charge is -2.30. The molecule has 1 saturated heterocycles. The Bertz CT molecular complexity index is 442. The van der Waals surface area contributed by atoms with Crippen molar-refractivity contribution >= 4 is 24.8 Å². The first-order chi connectivity index (χ1) is 11.2. The molecule has 1 aromatic carbocycles. The van der Waals surface area contributed by atoms with Gasteiger partial charge in [0.15, 0.2) is 0 Å². The Morgan fingerprint density at radius 1 is 1.12 bits per heavy atom. The van der Waals surface area contributed by atoms with Crippen molar-refractivity contribution in [2.24, 2.45) is 5.92 Å². The summed E-state index contributed by atoms with van der Waals surface area (Å²) in [5.74, 6) is 2.13. The average molecular weight is 395 g/mol. The number of halogens is 2. The van der Waals surface area contributed by atoms with Crippen LogP contribution in [-0.4, -0.2) is 62.6 Å². The maximum atomic E-state index is 10.3. The van der Waals surface area contributed by atoms with Gasteiger partial charge in [-0.15, -0.1) is 24.8 Å². The lowest BCUT2D eigenvalue weighted by Crippen LogP contribution is -2.40. The van der Waals surface area contributed by atoms with Crippen LogP contribution in [0, 0.1) is 5.92 Å². The van der Waals surface area contributed by atoms with Crippen molar-refractivity contribution in [3.8, 4) is 11.5 Å². The highest BCUT2D eigenvalue weighted by molar-refractivity contribution is 5.85. The Balaban J connectivity index is 0.00000288. The van der Waals surface area contributed by atoms with Gasteiger partial charge in [-0.05, 0) is 70.1 Å². The molecule has 1 aromatic rings. The van der Waals surface area contributed by atoms with Crippen molar-refractivity contribution < 1.29 is 14.6 Å².